The van der Waals surface area contributed by atoms with Crippen LogP contribution in [0.25, 0.3) is 0 Å². The SMILES string of the molecule is COc1cc(C=Nc2sc3c(c2C(N)=O)CCCC3)ccc1O. The normalized spacial score (nSPS) is 14.0. The molecule has 0 aliphatic heterocycles. The molecule has 23 heavy (non-hydrogen) atoms. The number of carbonyl (C=O) groups excluding carboxylic acids is 1. The van der Waals surface area contributed by atoms with Gasteiger partial charge in [0, 0.05) is 11.1 Å². The molecule has 0 bridgehead atoms. The van der Waals surface area contributed by atoms with Gasteiger partial charge in [0.1, 0.15) is 5.00 Å². The van der Waals surface area contributed by atoms with Gasteiger partial charge in [-0.1, -0.05) is 0 Å². The van der Waals surface area contributed by atoms with Gasteiger partial charge in [-0.25, -0.2) is 4.99 Å². The number of nitrogens with two attached hydrogens (primary N) is 1. The van der Waals surface area contributed by atoms with Gasteiger partial charge < -0.3 is 15.6 Å². The largest absolute Gasteiger partial charge is 0.504 e. The molecule has 1 amide bonds. The van der Waals surface area contributed by atoms with Crippen molar-refractivity contribution in [3.63, 3.8) is 0 Å². The highest BCUT2D eigenvalue weighted by atomic mass is 32.1. The quantitative estimate of drug-likeness (QED) is 0.844. The van der Waals surface area contributed by atoms with Crippen LogP contribution in [0, 0.1) is 0 Å². The summed E-state index contributed by atoms with van der Waals surface area (Å²) in [6, 6.07) is 4.98. The number of ether oxygens (including phenoxy) is 1. The number of aryl methyl sites for hydroxylation is 1. The summed E-state index contributed by atoms with van der Waals surface area (Å²) in [6.45, 7) is 0. The van der Waals surface area contributed by atoms with Gasteiger partial charge in [0.2, 0.25) is 0 Å². The van der Waals surface area contributed by atoms with Crippen LogP contribution in [-0.2, 0) is 12.8 Å². The van der Waals surface area contributed by atoms with Crippen LogP contribution in [0.4, 0.5) is 5.00 Å². The lowest BCUT2D eigenvalue weighted by Gasteiger charge is -2.10. The van der Waals surface area contributed by atoms with Crippen molar-refractivity contribution < 1.29 is 14.6 Å². The summed E-state index contributed by atoms with van der Waals surface area (Å²) in [4.78, 5) is 17.5. The van der Waals surface area contributed by atoms with Crippen molar-refractivity contribution in [2.24, 2.45) is 10.7 Å². The number of thiophene rings is 1. The number of nitrogens with zero attached hydrogens (tertiary/aromatic N) is 1. The molecule has 1 aliphatic carbocycles. The Morgan fingerprint density at radius 1 is 1.39 bits per heavy atom. The molecule has 0 radical (unpaired) electrons. The number of aromatic hydroxyl groups is 1. The van der Waals surface area contributed by atoms with Crippen LogP contribution in [-0.4, -0.2) is 24.3 Å². The molecule has 3 rings (SSSR count). The highest BCUT2D eigenvalue weighted by molar-refractivity contribution is 7.16. The third-order valence-corrected chi connectivity index (χ3v) is 5.13. The smallest absolute Gasteiger partial charge is 0.252 e. The first kappa shape index (κ1) is 15.6. The van der Waals surface area contributed by atoms with E-state index in [9.17, 15) is 9.90 Å². The van der Waals surface area contributed by atoms with Gasteiger partial charge in [-0.2, -0.15) is 0 Å². The number of methoxy groups -OCH3 is 1. The Balaban J connectivity index is 1.96. The maximum Gasteiger partial charge on any atom is 0.252 e. The maximum atomic E-state index is 11.8. The summed E-state index contributed by atoms with van der Waals surface area (Å²) in [5, 5.41) is 10.3. The van der Waals surface area contributed by atoms with Crippen molar-refractivity contribution >= 4 is 28.5 Å². The predicted octanol–water partition coefficient (Wildman–Crippen LogP) is 3.19. The second kappa shape index (κ2) is 6.42. The van der Waals surface area contributed by atoms with E-state index in [-0.39, 0.29) is 5.75 Å². The van der Waals surface area contributed by atoms with Crippen LogP contribution in [0.2, 0.25) is 0 Å². The van der Waals surface area contributed by atoms with E-state index in [0.717, 1.165) is 36.8 Å². The molecule has 0 atom stereocenters. The maximum absolute atomic E-state index is 11.8. The van der Waals surface area contributed by atoms with Gasteiger partial charge >= 0.3 is 0 Å². The number of phenolic OH excluding ortho intramolecular Hbond substituents is 1. The van der Waals surface area contributed by atoms with E-state index in [1.807, 2.05) is 0 Å². The second-order valence-corrected chi connectivity index (χ2v) is 6.53. The summed E-state index contributed by atoms with van der Waals surface area (Å²) in [7, 11) is 1.49. The number of primary amides is 1. The van der Waals surface area contributed by atoms with E-state index in [0.29, 0.717) is 16.3 Å². The Morgan fingerprint density at radius 3 is 2.91 bits per heavy atom. The molecule has 120 valence electrons. The summed E-state index contributed by atoms with van der Waals surface area (Å²) >= 11 is 1.54. The molecule has 1 heterocycles. The summed E-state index contributed by atoms with van der Waals surface area (Å²) in [6.07, 6.45) is 5.77. The van der Waals surface area contributed by atoms with Crippen LogP contribution >= 0.6 is 11.3 Å². The fourth-order valence-corrected chi connectivity index (χ4v) is 4.04. The summed E-state index contributed by atoms with van der Waals surface area (Å²) < 4.78 is 5.08. The number of amides is 1. The molecule has 2 aromatic rings. The molecule has 3 N–H and O–H groups in total. The second-order valence-electron chi connectivity index (χ2n) is 5.44. The van der Waals surface area contributed by atoms with Crippen LogP contribution in [0.5, 0.6) is 11.5 Å². The number of fused-ring (bicyclic) bond motifs is 1. The van der Waals surface area contributed by atoms with Crippen LogP contribution < -0.4 is 10.5 Å². The van der Waals surface area contributed by atoms with Crippen LogP contribution in [0.3, 0.4) is 0 Å². The summed E-state index contributed by atoms with van der Waals surface area (Å²) in [5.41, 5.74) is 7.97. The van der Waals surface area contributed by atoms with Gasteiger partial charge in [0.15, 0.2) is 11.5 Å². The van der Waals surface area contributed by atoms with Crippen LogP contribution in [0.1, 0.15) is 39.2 Å². The number of carbonyl (C=O) groups is 1. The lowest BCUT2D eigenvalue weighted by atomic mass is 9.95. The average Bonchev–Trinajstić information content (AvgIpc) is 2.92. The molecule has 1 aromatic carbocycles. The standard InChI is InChI=1S/C17H18N2O3S/c1-22-13-8-10(6-7-12(13)20)9-19-17-15(16(18)21)11-4-2-3-5-14(11)23-17/h6-9,20H,2-5H2,1H3,(H2,18,21). The monoisotopic (exact) mass is 330 g/mol. The Labute approximate surface area is 138 Å². The number of phenols is 1. The molecule has 5 nitrogen and oxygen atoms in total. The van der Waals surface area contributed by atoms with E-state index in [4.69, 9.17) is 10.5 Å². The van der Waals surface area contributed by atoms with Gasteiger partial charge in [0.25, 0.3) is 5.91 Å². The van der Waals surface area contributed by atoms with E-state index in [1.54, 1.807) is 35.8 Å². The molecule has 0 fully saturated rings. The molecule has 1 aliphatic rings. The number of rotatable bonds is 4. The molecule has 6 heteroatoms. The fourth-order valence-electron chi connectivity index (χ4n) is 2.80. The highest BCUT2D eigenvalue weighted by Gasteiger charge is 2.23. The van der Waals surface area contributed by atoms with Gasteiger partial charge in [-0.3, -0.25) is 4.79 Å². The number of aliphatic imine (C=N–C) groups is 1. The number of hydrogen-bond acceptors (Lipinski definition) is 5. The molecular formula is C17H18N2O3S. The molecule has 0 unspecified atom stereocenters. The van der Waals surface area contributed by atoms with Crippen molar-refractivity contribution in [3.8, 4) is 11.5 Å². The Bertz CT molecular complexity index is 780. The Kier molecular flexibility index (Phi) is 4.34. The van der Waals surface area contributed by atoms with Crippen molar-refractivity contribution in [3.05, 3.63) is 39.8 Å². The minimum atomic E-state index is -0.417. The van der Waals surface area contributed by atoms with E-state index in [2.05, 4.69) is 4.99 Å². The third-order valence-electron chi connectivity index (χ3n) is 3.93. The van der Waals surface area contributed by atoms with Crippen molar-refractivity contribution in [1.82, 2.24) is 0 Å². The van der Waals surface area contributed by atoms with E-state index < -0.39 is 5.91 Å². The first-order valence-corrected chi connectivity index (χ1v) is 8.27. The van der Waals surface area contributed by atoms with Crippen molar-refractivity contribution in [1.29, 1.82) is 0 Å². The molecular weight excluding hydrogens is 312 g/mol. The summed E-state index contributed by atoms with van der Waals surface area (Å²) in [5.74, 6) is 0.0449. The minimum Gasteiger partial charge on any atom is -0.504 e. The minimum absolute atomic E-state index is 0.0778. The van der Waals surface area contributed by atoms with Gasteiger partial charge in [-0.05, 0) is 55.0 Å². The first-order valence-electron chi connectivity index (χ1n) is 7.45. The van der Waals surface area contributed by atoms with Crippen molar-refractivity contribution in [2.45, 2.75) is 25.7 Å². The van der Waals surface area contributed by atoms with Crippen LogP contribution in [0.15, 0.2) is 23.2 Å². The lowest BCUT2D eigenvalue weighted by molar-refractivity contribution is 0.100. The molecule has 1 aromatic heterocycles. The Hall–Kier alpha value is -2.34. The number of hydrogen-bond donors (Lipinski definition) is 2. The third kappa shape index (κ3) is 3.07. The van der Waals surface area contributed by atoms with Gasteiger partial charge in [0.05, 0.1) is 12.7 Å². The Morgan fingerprint density at radius 2 is 2.17 bits per heavy atom. The first-order chi connectivity index (χ1) is 11.1. The zero-order valence-electron chi connectivity index (χ0n) is 12.8. The van der Waals surface area contributed by atoms with E-state index in [1.165, 1.54) is 12.0 Å². The number of benzene rings is 1. The lowest BCUT2D eigenvalue weighted by Crippen LogP contribution is -2.14. The zero-order valence-corrected chi connectivity index (χ0v) is 13.7. The molecule has 0 saturated carbocycles. The molecule has 0 saturated heterocycles. The highest BCUT2D eigenvalue weighted by Crippen LogP contribution is 2.39. The zero-order chi connectivity index (χ0) is 16.4. The fraction of sp³-hybridized carbons (Fsp3) is 0.294. The van der Waals surface area contributed by atoms with Crippen molar-refractivity contribution in [2.75, 3.05) is 7.11 Å². The topological polar surface area (TPSA) is 84.9 Å². The molecule has 0 spiro atoms. The average molecular weight is 330 g/mol. The van der Waals surface area contributed by atoms with E-state index >= 15 is 0 Å². The predicted molar refractivity (Wildman–Crippen MR) is 91.4 cm³/mol. The van der Waals surface area contributed by atoms with Gasteiger partial charge in [-0.15, -0.1) is 11.3 Å².